The Bertz CT molecular complexity index is 1670. The molecule has 2 saturated heterocycles. The number of esters is 1. The third-order valence-corrected chi connectivity index (χ3v) is 12.3. The van der Waals surface area contributed by atoms with Crippen molar-refractivity contribution in [1.29, 1.82) is 0 Å². The monoisotopic (exact) mass is 841 g/mol. The van der Waals surface area contributed by atoms with Crippen LogP contribution in [0.15, 0.2) is 35.9 Å². The molecule has 314 valence electrons. The molecule has 13 nitrogen and oxygen atoms in total. The van der Waals surface area contributed by atoms with E-state index in [4.69, 9.17) is 35.3 Å². The van der Waals surface area contributed by atoms with Gasteiger partial charge in [-0.2, -0.15) is 26.1 Å². The number of hydrogen-bond acceptors (Lipinski definition) is 11. The minimum atomic E-state index is -1.61. The van der Waals surface area contributed by atoms with Crippen molar-refractivity contribution in [2.45, 2.75) is 114 Å². The van der Waals surface area contributed by atoms with Crippen LogP contribution in [0.1, 0.15) is 71.4 Å². The number of thiol groups is 1. The number of methoxy groups -OCH3 is 2. The number of ether oxygens (including phenoxy) is 5. The van der Waals surface area contributed by atoms with Crippen LogP contribution in [-0.2, 0) is 44.5 Å². The summed E-state index contributed by atoms with van der Waals surface area (Å²) in [4.78, 5) is 56.9. The van der Waals surface area contributed by atoms with Gasteiger partial charge in [0.25, 0.3) is 0 Å². The molecule has 4 bridgehead atoms. The number of nitrogens with zero attached hydrogens (tertiary/aromatic N) is 2. The number of carbonyl (C=O) groups excluding carboxylic acids is 4. The highest BCUT2D eigenvalue weighted by Crippen LogP contribution is 2.49. The van der Waals surface area contributed by atoms with E-state index in [1.807, 2.05) is 58.1 Å². The number of likely N-dealkylation sites (N-methyl/N-ethyl adjacent to an activating group) is 1. The molecule has 0 saturated carbocycles. The molecular weight excluding hydrogens is 782 g/mol. The Labute approximate surface area is 348 Å². The summed E-state index contributed by atoms with van der Waals surface area (Å²) in [5.74, 6) is -2.39. The lowest BCUT2D eigenvalue weighted by Gasteiger charge is -2.41. The maximum absolute atomic E-state index is 14.2. The second kappa shape index (κ2) is 19.3. The number of aliphatic hydroxyl groups is 1. The van der Waals surface area contributed by atoms with Gasteiger partial charge < -0.3 is 38.6 Å². The molecule has 56 heavy (non-hydrogen) atoms. The van der Waals surface area contributed by atoms with E-state index in [-0.39, 0.29) is 57.8 Å². The van der Waals surface area contributed by atoms with E-state index in [0.29, 0.717) is 23.6 Å². The first-order valence-corrected chi connectivity index (χ1v) is 19.5. The summed E-state index contributed by atoms with van der Waals surface area (Å²) < 4.78 is 28.0. The first-order valence-electron chi connectivity index (χ1n) is 18.6. The number of benzene rings is 1. The Morgan fingerprint density at radius 3 is 2.46 bits per heavy atom. The van der Waals surface area contributed by atoms with Gasteiger partial charge in [-0.25, -0.2) is 9.59 Å². The van der Waals surface area contributed by atoms with Gasteiger partial charge in [0.05, 0.1) is 41.2 Å². The molecule has 8 atom stereocenters. The summed E-state index contributed by atoms with van der Waals surface area (Å²) in [7, 11) is 6.23. The van der Waals surface area contributed by atoms with E-state index in [2.05, 4.69) is 17.9 Å². The first-order chi connectivity index (χ1) is 25.7. The number of anilines is 1. The van der Waals surface area contributed by atoms with Crippen molar-refractivity contribution in [3.05, 3.63) is 52.1 Å². The van der Waals surface area contributed by atoms with Crippen molar-refractivity contribution >= 4 is 67.3 Å². The van der Waals surface area contributed by atoms with E-state index in [0.717, 1.165) is 16.7 Å². The molecule has 0 aromatic heterocycles. The maximum atomic E-state index is 14.2. The Kier molecular flexibility index (Phi) is 16.4. The zero-order chi connectivity index (χ0) is 41.0. The molecule has 3 heterocycles. The SMILES string of the molecule is COCC(S)(CCC(=O)N(C)[C@@H](C)C(=O)OC1CC(=O)N(C)c2cc(cc(C)c2Cl)C/C(C)=C/C=C/[C@@H](C)[C@@]2(O)C[C@H](OC(=O)N2)[C@@H](C)[C@@H]2O[C@@]12C)COC.S. The Morgan fingerprint density at radius 2 is 1.84 bits per heavy atom. The standard InChI is InChI=1S/C40H58ClN3O10S.H2S/c1-23-12-11-13-25(3)40(49)20-30(52-37(48)42-40)26(4)35-38(6,54-35)31(19-33(46)44(8)29-18-28(16-23)17-24(2)34(29)41)53-36(47)27(5)43(7)32(45)14-15-39(55,21-50-9)22-51-10;/h11-13,17-18,25-27,30-31,35,49,55H,14-16,19-22H2,1-10H3,(H,42,48);1H2/b13-11+,23-12+;/t25-,26-,27+,30+,31?,35+,38+,40+;/m1./s1. The molecule has 2 N–H and O–H groups in total. The van der Waals surface area contributed by atoms with Gasteiger partial charge in [0.1, 0.15) is 29.6 Å². The lowest BCUT2D eigenvalue weighted by Crippen LogP contribution is -2.60. The number of hydrogen-bond donors (Lipinski definition) is 3. The quantitative estimate of drug-likeness (QED) is 0.161. The third-order valence-electron chi connectivity index (χ3n) is 11.3. The van der Waals surface area contributed by atoms with E-state index < -0.39 is 64.3 Å². The largest absolute Gasteiger partial charge is 0.457 e. The van der Waals surface area contributed by atoms with Crippen LogP contribution in [0.5, 0.6) is 0 Å². The average molecular weight is 843 g/mol. The van der Waals surface area contributed by atoms with Gasteiger partial charge in [-0.1, -0.05) is 55.3 Å². The second-order valence-corrected chi connectivity index (χ2v) is 17.1. The highest BCUT2D eigenvalue weighted by molar-refractivity contribution is 7.81. The average Bonchev–Trinajstić information content (AvgIpc) is 3.81. The number of fused-ring (bicyclic) bond motifs is 5. The molecule has 0 radical (unpaired) electrons. The molecule has 3 aliphatic heterocycles. The zero-order valence-electron chi connectivity index (χ0n) is 34.1. The number of allylic oxidation sites excluding steroid dienone is 3. The van der Waals surface area contributed by atoms with Crippen LogP contribution in [0.3, 0.4) is 0 Å². The Balaban J connectivity index is 0.00000841. The van der Waals surface area contributed by atoms with Gasteiger partial charge >= 0.3 is 12.1 Å². The van der Waals surface area contributed by atoms with Crippen LogP contribution in [0, 0.1) is 18.8 Å². The second-order valence-electron chi connectivity index (χ2n) is 15.7. The molecule has 0 spiro atoms. The van der Waals surface area contributed by atoms with Gasteiger partial charge in [0.15, 0.2) is 0 Å². The fourth-order valence-electron chi connectivity index (χ4n) is 7.40. The van der Waals surface area contributed by atoms with Crippen LogP contribution in [0.4, 0.5) is 10.5 Å². The number of carbonyl (C=O) groups is 4. The molecule has 1 aromatic rings. The number of nitrogens with one attached hydrogen (secondary N) is 1. The molecular formula is C40H60ClN3O10S2. The van der Waals surface area contributed by atoms with Crippen molar-refractivity contribution in [2.75, 3.05) is 46.4 Å². The van der Waals surface area contributed by atoms with Gasteiger partial charge in [-0.05, 0) is 57.7 Å². The van der Waals surface area contributed by atoms with E-state index in [9.17, 15) is 24.3 Å². The Morgan fingerprint density at radius 1 is 1.20 bits per heavy atom. The summed E-state index contributed by atoms with van der Waals surface area (Å²) in [5, 5.41) is 14.7. The molecule has 1 unspecified atom stereocenters. The fourth-order valence-corrected chi connectivity index (χ4v) is 8.00. The van der Waals surface area contributed by atoms with Crippen molar-refractivity contribution in [3.63, 3.8) is 0 Å². The van der Waals surface area contributed by atoms with Crippen molar-refractivity contribution in [3.8, 4) is 0 Å². The summed E-state index contributed by atoms with van der Waals surface area (Å²) in [6, 6.07) is 2.82. The predicted molar refractivity (Wildman–Crippen MR) is 223 cm³/mol. The number of aryl methyl sites for hydroxylation is 1. The van der Waals surface area contributed by atoms with Crippen LogP contribution < -0.4 is 10.2 Å². The fraction of sp³-hybridized carbons (Fsp3) is 0.650. The zero-order valence-corrected chi connectivity index (χ0v) is 36.8. The van der Waals surface area contributed by atoms with Gasteiger partial charge in [-0.3, -0.25) is 14.9 Å². The Hall–Kier alpha value is -2.79. The normalized spacial score (nSPS) is 30.3. The van der Waals surface area contributed by atoms with E-state index >= 15 is 0 Å². The molecule has 16 heteroatoms. The molecule has 0 aliphatic carbocycles. The topological polar surface area (TPSA) is 156 Å². The van der Waals surface area contributed by atoms with E-state index in [1.54, 1.807) is 35.1 Å². The van der Waals surface area contributed by atoms with Crippen LogP contribution >= 0.6 is 37.7 Å². The van der Waals surface area contributed by atoms with Crippen molar-refractivity contribution < 1.29 is 48.0 Å². The highest BCUT2D eigenvalue weighted by Gasteiger charge is 2.64. The smallest absolute Gasteiger partial charge is 0.409 e. The van der Waals surface area contributed by atoms with Gasteiger partial charge in [0.2, 0.25) is 11.8 Å². The van der Waals surface area contributed by atoms with Crippen LogP contribution in [0.2, 0.25) is 5.02 Å². The van der Waals surface area contributed by atoms with Crippen LogP contribution in [0.25, 0.3) is 0 Å². The molecule has 2 fully saturated rings. The number of halogens is 1. The number of epoxide rings is 1. The van der Waals surface area contributed by atoms with Crippen LogP contribution in [-0.4, -0.2) is 116 Å². The highest BCUT2D eigenvalue weighted by atomic mass is 35.5. The lowest BCUT2D eigenvalue weighted by molar-refractivity contribution is -0.162. The summed E-state index contributed by atoms with van der Waals surface area (Å²) in [6.45, 7) is 11.3. The number of amides is 3. The molecule has 3 amide bonds. The molecule has 1 aromatic carbocycles. The third kappa shape index (κ3) is 11.0. The minimum absolute atomic E-state index is 0. The van der Waals surface area contributed by atoms with Gasteiger partial charge in [0, 0.05) is 53.0 Å². The minimum Gasteiger partial charge on any atom is -0.457 e. The molecule has 4 rings (SSSR count). The van der Waals surface area contributed by atoms with Gasteiger partial charge in [-0.15, -0.1) is 0 Å². The summed E-state index contributed by atoms with van der Waals surface area (Å²) >= 11 is 11.5. The predicted octanol–water partition coefficient (Wildman–Crippen LogP) is 5.29. The van der Waals surface area contributed by atoms with Crippen molar-refractivity contribution in [2.24, 2.45) is 11.8 Å². The van der Waals surface area contributed by atoms with E-state index in [1.165, 1.54) is 16.8 Å². The first kappa shape index (κ1) is 47.6. The summed E-state index contributed by atoms with van der Waals surface area (Å²) in [5.41, 5.74) is 0.438. The van der Waals surface area contributed by atoms with Crippen molar-refractivity contribution in [1.82, 2.24) is 10.2 Å². The number of alkyl carbamates (subject to hydrolysis) is 1. The number of rotatable bonds is 10. The lowest BCUT2D eigenvalue weighted by atomic mass is 9.82. The maximum Gasteiger partial charge on any atom is 0.409 e. The summed E-state index contributed by atoms with van der Waals surface area (Å²) in [6.07, 6.45) is 3.10. The molecule has 3 aliphatic rings.